The standard InChI is InChI=1S/C24H21F2N5O3/c25-17-7-8-18(19(26)10-17)22(33)29-21(20-12-28-31-30-20)24(13-32,23(27)34)11-14-5-6-15-3-1-2-4-16(15)9-14/h1-10,12,21,32H,11,13H2,(H2,27,34)(H,29,33)(H,28,30,31). The van der Waals surface area contributed by atoms with Crippen LogP contribution in [0.2, 0.25) is 0 Å². The number of halogens is 2. The third-order valence-corrected chi connectivity index (χ3v) is 5.84. The number of nitrogens with two attached hydrogens (primary N) is 1. The van der Waals surface area contributed by atoms with E-state index in [9.17, 15) is 23.5 Å². The minimum Gasteiger partial charge on any atom is -0.395 e. The van der Waals surface area contributed by atoms with E-state index in [-0.39, 0.29) is 12.1 Å². The van der Waals surface area contributed by atoms with Crippen molar-refractivity contribution in [2.24, 2.45) is 11.1 Å². The Balaban J connectivity index is 1.76. The number of hydrogen-bond donors (Lipinski definition) is 4. The molecule has 3 aromatic carbocycles. The van der Waals surface area contributed by atoms with E-state index in [1.165, 1.54) is 6.20 Å². The average molecular weight is 465 g/mol. The van der Waals surface area contributed by atoms with Crippen molar-refractivity contribution in [1.29, 1.82) is 0 Å². The van der Waals surface area contributed by atoms with Crippen molar-refractivity contribution < 1.29 is 23.5 Å². The lowest BCUT2D eigenvalue weighted by atomic mass is 9.73. The number of aromatic nitrogens is 3. The summed E-state index contributed by atoms with van der Waals surface area (Å²) in [7, 11) is 0. The Hall–Kier alpha value is -4.18. The minimum absolute atomic E-state index is 0.0621. The fraction of sp³-hybridized carbons (Fsp3) is 0.167. The van der Waals surface area contributed by atoms with Gasteiger partial charge in [0.15, 0.2) is 0 Å². The number of amides is 2. The van der Waals surface area contributed by atoms with E-state index in [0.717, 1.165) is 22.9 Å². The van der Waals surface area contributed by atoms with Gasteiger partial charge in [0.2, 0.25) is 5.91 Å². The van der Waals surface area contributed by atoms with Crippen molar-refractivity contribution in [2.75, 3.05) is 6.61 Å². The number of nitrogens with zero attached hydrogens (tertiary/aromatic N) is 2. The highest BCUT2D eigenvalue weighted by atomic mass is 19.1. The number of aliphatic hydroxyl groups is 1. The third-order valence-electron chi connectivity index (χ3n) is 5.84. The molecule has 2 amide bonds. The van der Waals surface area contributed by atoms with Crippen LogP contribution in [0.4, 0.5) is 8.78 Å². The number of H-pyrrole nitrogens is 1. The van der Waals surface area contributed by atoms with Crippen molar-refractivity contribution in [3.63, 3.8) is 0 Å². The molecule has 0 saturated heterocycles. The number of nitrogens with one attached hydrogen (secondary N) is 2. The molecule has 34 heavy (non-hydrogen) atoms. The maximum atomic E-state index is 14.2. The lowest BCUT2D eigenvalue weighted by molar-refractivity contribution is -0.132. The summed E-state index contributed by atoms with van der Waals surface area (Å²) >= 11 is 0. The van der Waals surface area contributed by atoms with Crippen molar-refractivity contribution in [3.8, 4) is 0 Å². The van der Waals surface area contributed by atoms with Crippen LogP contribution in [0.15, 0.2) is 66.9 Å². The average Bonchev–Trinajstić information content (AvgIpc) is 3.35. The highest BCUT2D eigenvalue weighted by molar-refractivity contribution is 5.95. The second kappa shape index (κ2) is 9.36. The van der Waals surface area contributed by atoms with Crippen LogP contribution in [0.3, 0.4) is 0 Å². The van der Waals surface area contributed by atoms with Gasteiger partial charge in [-0.15, -0.1) is 5.10 Å². The molecule has 174 valence electrons. The molecule has 0 radical (unpaired) electrons. The summed E-state index contributed by atoms with van der Waals surface area (Å²) in [6.45, 7) is -0.751. The summed E-state index contributed by atoms with van der Waals surface area (Å²) < 4.78 is 27.6. The zero-order chi connectivity index (χ0) is 24.3. The van der Waals surface area contributed by atoms with Gasteiger partial charge in [0.25, 0.3) is 5.91 Å². The van der Waals surface area contributed by atoms with E-state index in [1.54, 1.807) is 6.07 Å². The summed E-state index contributed by atoms with van der Waals surface area (Å²) in [5.74, 6) is -3.78. The van der Waals surface area contributed by atoms with Gasteiger partial charge in [-0.1, -0.05) is 47.7 Å². The van der Waals surface area contributed by atoms with Gasteiger partial charge in [-0.25, -0.2) is 8.78 Å². The highest BCUT2D eigenvalue weighted by Crippen LogP contribution is 2.37. The predicted molar refractivity (Wildman–Crippen MR) is 119 cm³/mol. The molecular formula is C24H21F2N5O3. The van der Waals surface area contributed by atoms with E-state index >= 15 is 0 Å². The molecule has 10 heteroatoms. The fourth-order valence-corrected chi connectivity index (χ4v) is 4.00. The Morgan fingerprint density at radius 2 is 1.85 bits per heavy atom. The van der Waals surface area contributed by atoms with Crippen LogP contribution in [-0.2, 0) is 11.2 Å². The number of aliphatic hydroxyl groups excluding tert-OH is 1. The lowest BCUT2D eigenvalue weighted by Gasteiger charge is -2.36. The van der Waals surface area contributed by atoms with Gasteiger partial charge < -0.3 is 16.2 Å². The van der Waals surface area contributed by atoms with Crippen molar-refractivity contribution >= 4 is 22.6 Å². The van der Waals surface area contributed by atoms with E-state index in [0.29, 0.717) is 11.6 Å². The maximum absolute atomic E-state index is 14.2. The molecule has 1 aromatic heterocycles. The molecule has 5 N–H and O–H groups in total. The van der Waals surface area contributed by atoms with Gasteiger partial charge in [0.1, 0.15) is 22.7 Å². The van der Waals surface area contributed by atoms with Crippen molar-refractivity contribution in [3.05, 3.63) is 95.3 Å². The van der Waals surface area contributed by atoms with Gasteiger partial charge in [-0.3, -0.25) is 14.7 Å². The molecule has 0 bridgehead atoms. The molecule has 0 aliphatic heterocycles. The fourth-order valence-electron chi connectivity index (χ4n) is 4.00. The van der Waals surface area contributed by atoms with Crippen LogP contribution in [0.5, 0.6) is 0 Å². The van der Waals surface area contributed by atoms with Crippen LogP contribution in [0.25, 0.3) is 10.8 Å². The maximum Gasteiger partial charge on any atom is 0.254 e. The molecule has 0 aliphatic rings. The largest absolute Gasteiger partial charge is 0.395 e. The SMILES string of the molecule is NC(=O)C(CO)(Cc1ccc2ccccc2c1)C(NC(=O)c1ccc(F)cc1F)c1c[nH]nn1. The number of aromatic amines is 1. The summed E-state index contributed by atoms with van der Waals surface area (Å²) in [5, 5.41) is 24.9. The van der Waals surface area contributed by atoms with Crippen molar-refractivity contribution in [2.45, 2.75) is 12.5 Å². The van der Waals surface area contributed by atoms with Crippen LogP contribution in [0, 0.1) is 17.0 Å². The molecule has 4 rings (SSSR count). The van der Waals surface area contributed by atoms with Crippen LogP contribution in [-0.4, -0.2) is 38.9 Å². The second-order valence-electron chi connectivity index (χ2n) is 7.97. The normalized spacial score (nSPS) is 13.9. The molecule has 0 aliphatic carbocycles. The van der Waals surface area contributed by atoms with Gasteiger partial charge in [0, 0.05) is 12.3 Å². The molecule has 2 unspecified atom stereocenters. The summed E-state index contributed by atoms with van der Waals surface area (Å²) in [5.41, 5.74) is 4.35. The number of hydrogen-bond acceptors (Lipinski definition) is 5. The quantitative estimate of drug-likeness (QED) is 0.317. The number of carbonyl (C=O) groups excluding carboxylic acids is 2. The zero-order valence-corrected chi connectivity index (χ0v) is 17.8. The Kier molecular flexibility index (Phi) is 6.33. The first-order valence-electron chi connectivity index (χ1n) is 10.3. The Bertz CT molecular complexity index is 1350. The highest BCUT2D eigenvalue weighted by Gasteiger charge is 2.47. The number of benzene rings is 3. The first-order chi connectivity index (χ1) is 16.3. The molecule has 4 aromatic rings. The molecule has 1 heterocycles. The molecule has 0 spiro atoms. The minimum atomic E-state index is -1.76. The summed E-state index contributed by atoms with van der Waals surface area (Å²) in [6.07, 6.45) is 1.27. The Morgan fingerprint density at radius 3 is 2.50 bits per heavy atom. The van der Waals surface area contributed by atoms with Gasteiger partial charge >= 0.3 is 0 Å². The smallest absolute Gasteiger partial charge is 0.254 e. The van der Waals surface area contributed by atoms with Crippen LogP contribution in [0.1, 0.15) is 27.7 Å². The molecule has 0 fully saturated rings. The number of rotatable bonds is 8. The van der Waals surface area contributed by atoms with E-state index in [2.05, 4.69) is 20.7 Å². The first kappa shape index (κ1) is 23.0. The molecule has 2 atom stereocenters. The number of fused-ring (bicyclic) bond motifs is 1. The number of carbonyl (C=O) groups is 2. The van der Waals surface area contributed by atoms with Crippen LogP contribution < -0.4 is 11.1 Å². The molecular weight excluding hydrogens is 444 g/mol. The molecule has 8 nitrogen and oxygen atoms in total. The third kappa shape index (κ3) is 4.35. The Morgan fingerprint density at radius 1 is 1.09 bits per heavy atom. The van der Waals surface area contributed by atoms with Crippen molar-refractivity contribution in [1.82, 2.24) is 20.7 Å². The van der Waals surface area contributed by atoms with E-state index < -0.39 is 47.1 Å². The van der Waals surface area contributed by atoms with E-state index in [4.69, 9.17) is 5.73 Å². The van der Waals surface area contributed by atoms with E-state index in [1.807, 2.05) is 36.4 Å². The lowest BCUT2D eigenvalue weighted by Crippen LogP contribution is -2.52. The van der Waals surface area contributed by atoms with Gasteiger partial charge in [-0.2, -0.15) is 0 Å². The molecule has 0 saturated carbocycles. The second-order valence-corrected chi connectivity index (χ2v) is 7.97. The first-order valence-corrected chi connectivity index (χ1v) is 10.3. The summed E-state index contributed by atoms with van der Waals surface area (Å²) in [6, 6.07) is 14.3. The Labute approximate surface area is 192 Å². The monoisotopic (exact) mass is 465 g/mol. The zero-order valence-electron chi connectivity index (χ0n) is 17.8. The van der Waals surface area contributed by atoms with Gasteiger partial charge in [0.05, 0.1) is 18.2 Å². The number of primary amides is 1. The summed E-state index contributed by atoms with van der Waals surface area (Å²) in [4.78, 5) is 25.7. The van der Waals surface area contributed by atoms with Gasteiger partial charge in [-0.05, 0) is 34.9 Å². The van der Waals surface area contributed by atoms with Crippen LogP contribution >= 0.6 is 0 Å². The topological polar surface area (TPSA) is 134 Å². The predicted octanol–water partition coefficient (Wildman–Crippen LogP) is 2.41.